The van der Waals surface area contributed by atoms with Crippen LogP contribution in [-0.4, -0.2) is 29.2 Å². The highest BCUT2D eigenvalue weighted by atomic mass is 19.1. The molecule has 0 heterocycles. The fourth-order valence-corrected chi connectivity index (χ4v) is 2.35. The molecule has 3 atom stereocenters. The largest absolute Gasteiger partial charge is 0.480 e. The van der Waals surface area contributed by atoms with E-state index in [0.717, 1.165) is 0 Å². The third-order valence-electron chi connectivity index (χ3n) is 3.30. The summed E-state index contributed by atoms with van der Waals surface area (Å²) in [5.41, 5.74) is 0. The lowest BCUT2D eigenvalue weighted by atomic mass is 9.87. The molecule has 1 saturated carbocycles. The van der Waals surface area contributed by atoms with Crippen molar-refractivity contribution in [1.29, 1.82) is 0 Å². The molecule has 0 spiro atoms. The first-order chi connectivity index (χ1) is 8.40. The second-order valence-electron chi connectivity index (χ2n) is 5.49. The van der Waals surface area contributed by atoms with E-state index in [4.69, 9.17) is 5.11 Å². The Balaban J connectivity index is 2.52. The summed E-state index contributed by atoms with van der Waals surface area (Å²) in [6, 6.07) is -0.863. The van der Waals surface area contributed by atoms with Crippen molar-refractivity contribution in [2.45, 2.75) is 58.2 Å². The van der Waals surface area contributed by atoms with Crippen LogP contribution in [-0.2, 0) is 9.59 Å². The quantitative estimate of drug-likeness (QED) is 0.794. The van der Waals surface area contributed by atoms with Crippen LogP contribution < -0.4 is 5.32 Å². The first kappa shape index (κ1) is 14.9. The number of nitrogens with one attached hydrogen (secondary N) is 1. The number of rotatable bonds is 5. The zero-order valence-electron chi connectivity index (χ0n) is 11.0. The Hall–Kier alpha value is -1.13. The molecule has 1 rings (SSSR count). The van der Waals surface area contributed by atoms with Gasteiger partial charge in [0, 0.05) is 5.92 Å². The molecule has 0 radical (unpaired) electrons. The van der Waals surface area contributed by atoms with E-state index in [-0.39, 0.29) is 24.2 Å². The smallest absolute Gasteiger partial charge is 0.326 e. The number of halogens is 1. The molecule has 0 aromatic rings. The number of hydrogen-bond acceptors (Lipinski definition) is 2. The van der Waals surface area contributed by atoms with E-state index in [0.29, 0.717) is 25.7 Å². The van der Waals surface area contributed by atoms with Gasteiger partial charge in [-0.15, -0.1) is 0 Å². The van der Waals surface area contributed by atoms with Crippen molar-refractivity contribution in [3.8, 4) is 0 Å². The van der Waals surface area contributed by atoms with Crippen molar-refractivity contribution in [3.05, 3.63) is 0 Å². The van der Waals surface area contributed by atoms with Crippen molar-refractivity contribution in [3.63, 3.8) is 0 Å². The molecule has 0 aliphatic heterocycles. The highest BCUT2D eigenvalue weighted by Crippen LogP contribution is 2.26. The van der Waals surface area contributed by atoms with Gasteiger partial charge in [-0.3, -0.25) is 4.79 Å². The number of amides is 1. The predicted octanol–water partition coefficient (Wildman–Crippen LogP) is 2.13. The van der Waals surface area contributed by atoms with Gasteiger partial charge < -0.3 is 10.4 Å². The summed E-state index contributed by atoms with van der Waals surface area (Å²) in [6.07, 6.45) is 1.55. The Labute approximate surface area is 107 Å². The van der Waals surface area contributed by atoms with Crippen LogP contribution >= 0.6 is 0 Å². The Morgan fingerprint density at radius 3 is 2.56 bits per heavy atom. The first-order valence-corrected chi connectivity index (χ1v) is 6.57. The van der Waals surface area contributed by atoms with Gasteiger partial charge in [0.15, 0.2) is 0 Å². The fraction of sp³-hybridized carbons (Fsp3) is 0.846. The fourth-order valence-electron chi connectivity index (χ4n) is 2.35. The average Bonchev–Trinajstić information content (AvgIpc) is 2.27. The van der Waals surface area contributed by atoms with Crippen LogP contribution in [0.1, 0.15) is 46.0 Å². The van der Waals surface area contributed by atoms with Gasteiger partial charge in [0.2, 0.25) is 5.91 Å². The Kier molecular flexibility index (Phi) is 5.56. The highest BCUT2D eigenvalue weighted by molar-refractivity contribution is 5.85. The Morgan fingerprint density at radius 2 is 2.06 bits per heavy atom. The van der Waals surface area contributed by atoms with E-state index >= 15 is 0 Å². The number of hydrogen-bond donors (Lipinski definition) is 2. The van der Waals surface area contributed by atoms with Crippen molar-refractivity contribution < 1.29 is 19.1 Å². The molecule has 0 aromatic heterocycles. The summed E-state index contributed by atoms with van der Waals surface area (Å²) >= 11 is 0. The number of carboxylic acids is 1. The van der Waals surface area contributed by atoms with Crippen LogP contribution in [0.3, 0.4) is 0 Å². The van der Waals surface area contributed by atoms with Gasteiger partial charge in [-0.25, -0.2) is 9.18 Å². The van der Waals surface area contributed by atoms with Gasteiger partial charge in [-0.1, -0.05) is 13.8 Å². The van der Waals surface area contributed by atoms with Crippen LogP contribution in [0.4, 0.5) is 4.39 Å². The maximum Gasteiger partial charge on any atom is 0.326 e. The molecule has 1 aliphatic carbocycles. The Morgan fingerprint density at radius 1 is 1.39 bits per heavy atom. The van der Waals surface area contributed by atoms with Crippen LogP contribution in [0.25, 0.3) is 0 Å². The molecular weight excluding hydrogens is 237 g/mol. The average molecular weight is 259 g/mol. The van der Waals surface area contributed by atoms with E-state index < -0.39 is 18.2 Å². The van der Waals surface area contributed by atoms with Crippen molar-refractivity contribution in [1.82, 2.24) is 5.32 Å². The van der Waals surface area contributed by atoms with Gasteiger partial charge in [-0.05, 0) is 38.0 Å². The lowest BCUT2D eigenvalue weighted by molar-refractivity contribution is -0.143. The molecule has 3 unspecified atom stereocenters. The molecule has 0 aromatic carbocycles. The summed E-state index contributed by atoms with van der Waals surface area (Å²) in [7, 11) is 0. The van der Waals surface area contributed by atoms with E-state index in [1.807, 2.05) is 13.8 Å². The summed E-state index contributed by atoms with van der Waals surface area (Å²) in [5.74, 6) is -1.52. The van der Waals surface area contributed by atoms with Gasteiger partial charge >= 0.3 is 5.97 Å². The molecule has 0 bridgehead atoms. The summed E-state index contributed by atoms with van der Waals surface area (Å²) < 4.78 is 13.2. The van der Waals surface area contributed by atoms with Crippen molar-refractivity contribution >= 4 is 11.9 Å². The minimum atomic E-state index is -1.02. The first-order valence-electron chi connectivity index (χ1n) is 6.57. The van der Waals surface area contributed by atoms with Gasteiger partial charge in [-0.2, -0.15) is 0 Å². The van der Waals surface area contributed by atoms with Gasteiger partial charge in [0.1, 0.15) is 12.2 Å². The number of carbonyl (C=O) groups is 2. The SMILES string of the molecule is CC(C)CC(NC(=O)C1CCCC(F)C1)C(=O)O. The second-order valence-corrected chi connectivity index (χ2v) is 5.49. The third kappa shape index (κ3) is 4.63. The van der Waals surface area contributed by atoms with Crippen LogP contribution in [0.15, 0.2) is 0 Å². The van der Waals surface area contributed by atoms with E-state index in [9.17, 15) is 14.0 Å². The number of alkyl halides is 1. The van der Waals surface area contributed by atoms with E-state index in [2.05, 4.69) is 5.32 Å². The van der Waals surface area contributed by atoms with Gasteiger partial charge in [0.05, 0.1) is 0 Å². The monoisotopic (exact) mass is 259 g/mol. The molecule has 4 nitrogen and oxygen atoms in total. The molecule has 1 aliphatic rings. The molecule has 2 N–H and O–H groups in total. The summed E-state index contributed by atoms with van der Waals surface area (Å²) in [6.45, 7) is 3.81. The van der Waals surface area contributed by atoms with E-state index in [1.54, 1.807) is 0 Å². The number of carboxylic acid groups (broad SMARTS) is 1. The van der Waals surface area contributed by atoms with Crippen molar-refractivity contribution in [2.24, 2.45) is 11.8 Å². The molecule has 1 fully saturated rings. The highest BCUT2D eigenvalue weighted by Gasteiger charge is 2.30. The summed E-state index contributed by atoms with van der Waals surface area (Å²) in [4.78, 5) is 22.9. The lowest BCUT2D eigenvalue weighted by Crippen LogP contribution is -2.45. The molecule has 18 heavy (non-hydrogen) atoms. The van der Waals surface area contributed by atoms with Crippen LogP contribution in [0.2, 0.25) is 0 Å². The maximum atomic E-state index is 13.2. The zero-order chi connectivity index (χ0) is 13.7. The molecule has 1 amide bonds. The number of aliphatic carboxylic acids is 1. The minimum absolute atomic E-state index is 0.187. The maximum absolute atomic E-state index is 13.2. The second kappa shape index (κ2) is 6.71. The predicted molar refractivity (Wildman–Crippen MR) is 65.9 cm³/mol. The van der Waals surface area contributed by atoms with Crippen molar-refractivity contribution in [2.75, 3.05) is 0 Å². The molecule has 104 valence electrons. The van der Waals surface area contributed by atoms with Gasteiger partial charge in [0.25, 0.3) is 0 Å². The summed E-state index contributed by atoms with van der Waals surface area (Å²) in [5, 5.41) is 11.6. The third-order valence-corrected chi connectivity index (χ3v) is 3.30. The van der Waals surface area contributed by atoms with Crippen LogP contribution in [0.5, 0.6) is 0 Å². The zero-order valence-corrected chi connectivity index (χ0v) is 11.0. The van der Waals surface area contributed by atoms with E-state index in [1.165, 1.54) is 0 Å². The molecule has 0 saturated heterocycles. The minimum Gasteiger partial charge on any atom is -0.480 e. The lowest BCUT2D eigenvalue weighted by Gasteiger charge is -2.25. The molecular formula is C13H22FNO3. The molecule has 5 heteroatoms. The normalized spacial score (nSPS) is 25.8. The standard InChI is InChI=1S/C13H22FNO3/c1-8(2)6-11(13(17)18)15-12(16)9-4-3-5-10(14)7-9/h8-11H,3-7H2,1-2H3,(H,15,16)(H,17,18). The Bertz CT molecular complexity index is 307. The topological polar surface area (TPSA) is 66.4 Å². The number of carbonyl (C=O) groups excluding carboxylic acids is 1. The van der Waals surface area contributed by atoms with Crippen LogP contribution in [0, 0.1) is 11.8 Å².